The summed E-state index contributed by atoms with van der Waals surface area (Å²) in [6.07, 6.45) is 2.82. The average Bonchev–Trinajstić information content (AvgIpc) is 3.09. The Balaban J connectivity index is 1.82. The van der Waals surface area contributed by atoms with Crippen molar-refractivity contribution in [2.24, 2.45) is 11.1 Å². The van der Waals surface area contributed by atoms with E-state index in [0.29, 0.717) is 13.2 Å². The van der Waals surface area contributed by atoms with Gasteiger partial charge < -0.3 is 20.3 Å². The van der Waals surface area contributed by atoms with Gasteiger partial charge in [-0.2, -0.15) is 0 Å². The lowest BCUT2D eigenvalue weighted by Gasteiger charge is -2.38. The minimum absolute atomic E-state index is 0.103. The summed E-state index contributed by atoms with van der Waals surface area (Å²) < 4.78 is 11.0. The lowest BCUT2D eigenvalue weighted by atomic mass is 9.68. The molecule has 2 bridgehead atoms. The van der Waals surface area contributed by atoms with Crippen LogP contribution in [0.1, 0.15) is 36.5 Å². The lowest BCUT2D eigenvalue weighted by molar-refractivity contribution is -0.0264. The first-order valence-electron chi connectivity index (χ1n) is 7.31. The molecule has 0 aliphatic carbocycles. The number of hydrogen-bond acceptors (Lipinski definition) is 4. The minimum Gasteiger partial charge on any atom is -0.388 e. The number of benzene rings is 1. The smallest absolute Gasteiger partial charge is 0.0884 e. The molecule has 3 N–H and O–H groups in total. The molecule has 2 aliphatic rings. The minimum atomic E-state index is -0.556. The summed E-state index contributed by atoms with van der Waals surface area (Å²) in [6.45, 7) is 1.06. The number of ether oxygens (including phenoxy) is 2. The van der Waals surface area contributed by atoms with Crippen molar-refractivity contribution in [2.45, 2.75) is 44.2 Å². The van der Waals surface area contributed by atoms with Gasteiger partial charge in [-0.05, 0) is 30.4 Å². The second kappa shape index (κ2) is 5.45. The van der Waals surface area contributed by atoms with Gasteiger partial charge in [-0.15, -0.1) is 0 Å². The molecule has 0 radical (unpaired) electrons. The first-order chi connectivity index (χ1) is 9.69. The molecule has 2 heterocycles. The lowest BCUT2D eigenvalue weighted by Crippen LogP contribution is -2.44. The molecule has 4 unspecified atom stereocenters. The van der Waals surface area contributed by atoms with Gasteiger partial charge in [-0.3, -0.25) is 0 Å². The van der Waals surface area contributed by atoms with Crippen molar-refractivity contribution in [3.8, 4) is 0 Å². The molecule has 4 atom stereocenters. The summed E-state index contributed by atoms with van der Waals surface area (Å²) in [4.78, 5) is 0. The van der Waals surface area contributed by atoms with Crippen LogP contribution >= 0.6 is 0 Å². The van der Waals surface area contributed by atoms with Crippen molar-refractivity contribution in [3.05, 3.63) is 35.4 Å². The Morgan fingerprint density at radius 2 is 2.15 bits per heavy atom. The fourth-order valence-electron chi connectivity index (χ4n) is 3.74. The molecular weight excluding hydrogens is 254 g/mol. The second-order valence-electron chi connectivity index (χ2n) is 6.04. The molecule has 2 fully saturated rings. The van der Waals surface area contributed by atoms with Crippen molar-refractivity contribution in [1.29, 1.82) is 0 Å². The van der Waals surface area contributed by atoms with Crippen LogP contribution in [-0.2, 0) is 16.1 Å². The molecule has 20 heavy (non-hydrogen) atoms. The Bertz CT molecular complexity index is 461. The molecule has 0 amide bonds. The van der Waals surface area contributed by atoms with Crippen LogP contribution in [-0.4, -0.2) is 31.0 Å². The van der Waals surface area contributed by atoms with Gasteiger partial charge >= 0.3 is 0 Å². The van der Waals surface area contributed by atoms with Crippen molar-refractivity contribution in [1.82, 2.24) is 0 Å². The second-order valence-corrected chi connectivity index (χ2v) is 6.04. The molecule has 0 aromatic heterocycles. The Kier molecular flexibility index (Phi) is 3.82. The van der Waals surface area contributed by atoms with Crippen LogP contribution in [0.25, 0.3) is 0 Å². The maximum atomic E-state index is 10.8. The molecule has 3 rings (SSSR count). The van der Waals surface area contributed by atoms with Crippen molar-refractivity contribution in [2.75, 3.05) is 13.7 Å². The fraction of sp³-hybridized carbons (Fsp3) is 0.625. The highest BCUT2D eigenvalue weighted by Crippen LogP contribution is 2.53. The molecular formula is C16H23NO3. The van der Waals surface area contributed by atoms with E-state index in [1.165, 1.54) is 0 Å². The molecule has 2 aliphatic heterocycles. The highest BCUT2D eigenvalue weighted by Gasteiger charge is 2.55. The first kappa shape index (κ1) is 14.0. The predicted octanol–water partition coefficient (Wildman–Crippen LogP) is 1.76. The molecule has 110 valence electrons. The standard InChI is InChI=1S/C16H23NO3/c1-19-9-11-2-4-12(5-3-11)15(18)16(10-17)8-13-6-7-14(16)20-13/h2-5,13-15,18H,6-10,17H2,1H3. The summed E-state index contributed by atoms with van der Waals surface area (Å²) in [6, 6.07) is 7.95. The van der Waals surface area contributed by atoms with Crippen molar-refractivity contribution >= 4 is 0 Å². The third-order valence-corrected chi connectivity index (χ3v) is 4.89. The number of fused-ring (bicyclic) bond motifs is 2. The summed E-state index contributed by atoms with van der Waals surface area (Å²) in [5.41, 5.74) is 7.73. The van der Waals surface area contributed by atoms with E-state index in [-0.39, 0.29) is 17.6 Å². The first-order valence-corrected chi connectivity index (χ1v) is 7.31. The highest BCUT2D eigenvalue weighted by atomic mass is 16.5. The largest absolute Gasteiger partial charge is 0.388 e. The Morgan fingerprint density at radius 1 is 1.40 bits per heavy atom. The van der Waals surface area contributed by atoms with Gasteiger partial charge in [0.2, 0.25) is 0 Å². The summed E-state index contributed by atoms with van der Waals surface area (Å²) in [5, 5.41) is 10.8. The normalized spacial score (nSPS) is 33.5. The topological polar surface area (TPSA) is 64.7 Å². The maximum Gasteiger partial charge on any atom is 0.0884 e. The number of aliphatic hydroxyl groups excluding tert-OH is 1. The number of nitrogens with two attached hydrogens (primary N) is 1. The van der Waals surface area contributed by atoms with Gasteiger partial charge in [0.25, 0.3) is 0 Å². The molecule has 4 nitrogen and oxygen atoms in total. The Morgan fingerprint density at radius 3 is 2.65 bits per heavy atom. The van der Waals surface area contributed by atoms with E-state index >= 15 is 0 Å². The molecule has 0 spiro atoms. The van der Waals surface area contributed by atoms with E-state index in [4.69, 9.17) is 15.2 Å². The maximum absolute atomic E-state index is 10.8. The zero-order valence-corrected chi connectivity index (χ0v) is 11.9. The van der Waals surface area contributed by atoms with E-state index in [1.807, 2.05) is 24.3 Å². The van der Waals surface area contributed by atoms with Gasteiger partial charge in [0.15, 0.2) is 0 Å². The van der Waals surface area contributed by atoms with Crippen LogP contribution in [0.5, 0.6) is 0 Å². The monoisotopic (exact) mass is 277 g/mol. The predicted molar refractivity (Wildman–Crippen MR) is 76.1 cm³/mol. The van der Waals surface area contributed by atoms with Gasteiger partial charge in [-0.25, -0.2) is 0 Å². The number of hydrogen-bond donors (Lipinski definition) is 2. The van der Waals surface area contributed by atoms with Crippen molar-refractivity contribution in [3.63, 3.8) is 0 Å². The summed E-state index contributed by atoms with van der Waals surface area (Å²) in [5.74, 6) is 0. The van der Waals surface area contributed by atoms with Crippen LogP contribution < -0.4 is 5.73 Å². The molecule has 0 saturated carbocycles. The summed E-state index contributed by atoms with van der Waals surface area (Å²) in [7, 11) is 1.68. The van der Waals surface area contributed by atoms with Crippen LogP contribution in [0.4, 0.5) is 0 Å². The van der Waals surface area contributed by atoms with E-state index < -0.39 is 6.10 Å². The van der Waals surface area contributed by atoms with E-state index in [0.717, 1.165) is 30.4 Å². The van der Waals surface area contributed by atoms with Gasteiger partial charge in [-0.1, -0.05) is 24.3 Å². The third kappa shape index (κ3) is 2.17. The Labute approximate surface area is 119 Å². The molecule has 4 heteroatoms. The zero-order valence-electron chi connectivity index (χ0n) is 11.9. The van der Waals surface area contributed by atoms with Gasteiger partial charge in [0, 0.05) is 19.1 Å². The molecule has 1 aromatic carbocycles. The van der Waals surface area contributed by atoms with Crippen LogP contribution in [0.3, 0.4) is 0 Å². The van der Waals surface area contributed by atoms with E-state index in [9.17, 15) is 5.11 Å². The quantitative estimate of drug-likeness (QED) is 0.861. The molecule has 2 saturated heterocycles. The number of aliphatic hydroxyl groups is 1. The van der Waals surface area contributed by atoms with Crippen LogP contribution in [0, 0.1) is 5.41 Å². The third-order valence-electron chi connectivity index (χ3n) is 4.89. The highest BCUT2D eigenvalue weighted by molar-refractivity contribution is 5.26. The number of rotatable bonds is 5. The Hall–Kier alpha value is -0.940. The summed E-state index contributed by atoms with van der Waals surface area (Å²) >= 11 is 0. The van der Waals surface area contributed by atoms with Gasteiger partial charge in [0.1, 0.15) is 0 Å². The average molecular weight is 277 g/mol. The van der Waals surface area contributed by atoms with E-state index in [2.05, 4.69) is 0 Å². The van der Waals surface area contributed by atoms with E-state index in [1.54, 1.807) is 7.11 Å². The van der Waals surface area contributed by atoms with Crippen LogP contribution in [0.15, 0.2) is 24.3 Å². The number of methoxy groups -OCH3 is 1. The SMILES string of the molecule is COCc1ccc(C(O)C2(CN)CC3CCC2O3)cc1. The van der Waals surface area contributed by atoms with Crippen molar-refractivity contribution < 1.29 is 14.6 Å². The zero-order chi connectivity index (χ0) is 14.2. The van der Waals surface area contributed by atoms with Gasteiger partial charge in [0.05, 0.1) is 24.9 Å². The van der Waals surface area contributed by atoms with Crippen LogP contribution in [0.2, 0.25) is 0 Å². The fourth-order valence-corrected chi connectivity index (χ4v) is 3.74. The molecule has 1 aromatic rings.